The zero-order valence-corrected chi connectivity index (χ0v) is 14.8. The number of nitrogens with one attached hydrogen (secondary N) is 1. The van der Waals surface area contributed by atoms with E-state index in [2.05, 4.69) is 35.9 Å². The van der Waals surface area contributed by atoms with Gasteiger partial charge in [0.2, 0.25) is 11.8 Å². The van der Waals surface area contributed by atoms with Crippen molar-refractivity contribution in [1.82, 2.24) is 4.90 Å². The lowest BCUT2D eigenvalue weighted by Crippen LogP contribution is -2.37. The molecule has 1 aliphatic rings. The molecule has 0 bridgehead atoms. The summed E-state index contributed by atoms with van der Waals surface area (Å²) >= 11 is 0. The lowest BCUT2D eigenvalue weighted by Gasteiger charge is -2.35. The molecule has 130 valence electrons. The van der Waals surface area contributed by atoms with Gasteiger partial charge in [-0.05, 0) is 62.9 Å². The molecular weight excluding hydrogens is 302 g/mol. The van der Waals surface area contributed by atoms with E-state index in [0.29, 0.717) is 6.04 Å². The van der Waals surface area contributed by atoms with E-state index in [1.165, 1.54) is 35.9 Å². The second-order valence-corrected chi connectivity index (χ2v) is 6.48. The Kier molecular flexibility index (Phi) is 6.01. The normalized spacial score (nSPS) is 17.3. The number of aryl methyl sites for hydroxylation is 1. The van der Waals surface area contributed by atoms with Gasteiger partial charge in [-0.3, -0.25) is 9.59 Å². The summed E-state index contributed by atoms with van der Waals surface area (Å²) in [4.78, 5) is 27.3. The molecule has 1 aliphatic heterocycles. The van der Waals surface area contributed by atoms with E-state index in [4.69, 9.17) is 0 Å². The predicted molar refractivity (Wildman–Crippen MR) is 98.3 cm³/mol. The van der Waals surface area contributed by atoms with Crippen molar-refractivity contribution in [2.45, 2.75) is 39.2 Å². The van der Waals surface area contributed by atoms with Crippen LogP contribution in [0.25, 0.3) is 0 Å². The number of hydrogen-bond donors (Lipinski definition) is 1. The summed E-state index contributed by atoms with van der Waals surface area (Å²) < 4.78 is 0. The molecule has 1 saturated heterocycles. The van der Waals surface area contributed by atoms with E-state index in [0.717, 1.165) is 17.8 Å². The van der Waals surface area contributed by atoms with E-state index >= 15 is 0 Å². The van der Waals surface area contributed by atoms with Gasteiger partial charge >= 0.3 is 0 Å². The van der Waals surface area contributed by atoms with Crippen LogP contribution in [0.3, 0.4) is 0 Å². The minimum absolute atomic E-state index is 0.00913. The molecule has 5 heteroatoms. The van der Waals surface area contributed by atoms with Crippen LogP contribution in [0.5, 0.6) is 0 Å². The molecule has 0 saturated carbocycles. The first-order chi connectivity index (χ1) is 11.4. The second-order valence-electron chi connectivity index (χ2n) is 6.48. The third kappa shape index (κ3) is 4.37. The van der Waals surface area contributed by atoms with Gasteiger partial charge in [-0.1, -0.05) is 6.58 Å². The summed E-state index contributed by atoms with van der Waals surface area (Å²) in [6.07, 6.45) is 4.95. The van der Waals surface area contributed by atoms with Crippen molar-refractivity contribution < 1.29 is 9.59 Å². The van der Waals surface area contributed by atoms with Crippen LogP contribution in [0.1, 0.15) is 31.7 Å². The number of nitrogens with zero attached hydrogens (tertiary/aromatic N) is 2. The molecule has 0 spiro atoms. The lowest BCUT2D eigenvalue weighted by molar-refractivity contribution is -0.129. The van der Waals surface area contributed by atoms with Gasteiger partial charge in [0, 0.05) is 31.0 Å². The molecule has 1 fully saturated rings. The molecule has 1 aromatic rings. The summed E-state index contributed by atoms with van der Waals surface area (Å²) in [6.45, 7) is 8.77. The highest BCUT2D eigenvalue weighted by molar-refractivity contribution is 5.96. The maximum Gasteiger partial charge on any atom is 0.246 e. The molecule has 1 unspecified atom stereocenters. The van der Waals surface area contributed by atoms with Crippen molar-refractivity contribution in [2.24, 2.45) is 0 Å². The Morgan fingerprint density at radius 1 is 1.42 bits per heavy atom. The minimum Gasteiger partial charge on any atom is -0.369 e. The van der Waals surface area contributed by atoms with Crippen molar-refractivity contribution in [2.75, 3.05) is 30.4 Å². The average Bonchev–Trinajstić information content (AvgIpc) is 2.56. The number of hydrogen-bond acceptors (Lipinski definition) is 3. The van der Waals surface area contributed by atoms with E-state index in [9.17, 15) is 9.59 Å². The number of rotatable bonds is 5. The highest BCUT2D eigenvalue weighted by Crippen LogP contribution is 2.28. The molecular formula is C19H27N3O2. The first-order valence-corrected chi connectivity index (χ1v) is 8.47. The fraction of sp³-hybridized carbons (Fsp3) is 0.474. The number of piperidine rings is 1. The Labute approximate surface area is 144 Å². The van der Waals surface area contributed by atoms with Crippen molar-refractivity contribution in [1.29, 1.82) is 0 Å². The Hall–Kier alpha value is -2.30. The number of anilines is 2. The summed E-state index contributed by atoms with van der Waals surface area (Å²) in [5.74, 6) is -0.480. The van der Waals surface area contributed by atoms with Crippen molar-refractivity contribution in [3.63, 3.8) is 0 Å². The molecule has 1 N–H and O–H groups in total. The first kappa shape index (κ1) is 18.0. The molecule has 2 amide bonds. The Balaban J connectivity index is 2.03. The Bertz CT molecular complexity index is 627. The van der Waals surface area contributed by atoms with Crippen LogP contribution in [0.15, 0.2) is 30.9 Å². The number of benzene rings is 1. The van der Waals surface area contributed by atoms with E-state index in [1.54, 1.807) is 7.05 Å². The van der Waals surface area contributed by atoms with E-state index < -0.39 is 0 Å². The standard InChI is InChI=1S/C19H27N3O2/c1-5-19(24)21(4)13-18(23)20-17-10-9-16(12-14(17)2)22-11-7-6-8-15(22)3/h5,9-10,12,15H,1,6-8,11,13H2,2-4H3,(H,20,23). The highest BCUT2D eigenvalue weighted by Gasteiger charge is 2.19. The van der Waals surface area contributed by atoms with E-state index in [-0.39, 0.29) is 18.4 Å². The molecule has 0 aromatic heterocycles. The molecule has 1 aromatic carbocycles. The molecule has 5 nitrogen and oxygen atoms in total. The molecule has 1 heterocycles. The third-order valence-corrected chi connectivity index (χ3v) is 4.55. The quantitative estimate of drug-likeness (QED) is 0.845. The monoisotopic (exact) mass is 329 g/mol. The zero-order valence-electron chi connectivity index (χ0n) is 14.8. The zero-order chi connectivity index (χ0) is 17.7. The minimum atomic E-state index is -0.267. The lowest BCUT2D eigenvalue weighted by atomic mass is 10.0. The summed E-state index contributed by atoms with van der Waals surface area (Å²) in [5, 5.41) is 2.88. The molecule has 0 aliphatic carbocycles. The second kappa shape index (κ2) is 7.99. The molecule has 1 atom stereocenters. The van der Waals surface area contributed by atoms with Gasteiger partial charge < -0.3 is 15.1 Å². The SMILES string of the molecule is C=CC(=O)N(C)CC(=O)Nc1ccc(N2CCCCC2C)cc1C. The van der Waals surface area contributed by atoms with Gasteiger partial charge in [0.05, 0.1) is 6.54 Å². The van der Waals surface area contributed by atoms with Crippen LogP contribution in [0.4, 0.5) is 11.4 Å². The smallest absolute Gasteiger partial charge is 0.246 e. The van der Waals surface area contributed by atoms with Crippen molar-refractivity contribution in [3.8, 4) is 0 Å². The van der Waals surface area contributed by atoms with Gasteiger partial charge in [0.1, 0.15) is 0 Å². The molecule has 0 radical (unpaired) electrons. The van der Waals surface area contributed by atoms with E-state index in [1.807, 2.05) is 13.0 Å². The first-order valence-electron chi connectivity index (χ1n) is 8.47. The van der Waals surface area contributed by atoms with Crippen LogP contribution in [-0.2, 0) is 9.59 Å². The maximum atomic E-state index is 12.1. The maximum absolute atomic E-state index is 12.1. The van der Waals surface area contributed by atoms with Crippen LogP contribution in [0, 0.1) is 6.92 Å². The topological polar surface area (TPSA) is 52.7 Å². The highest BCUT2D eigenvalue weighted by atomic mass is 16.2. The summed E-state index contributed by atoms with van der Waals surface area (Å²) in [6, 6.07) is 6.68. The fourth-order valence-electron chi connectivity index (χ4n) is 3.09. The van der Waals surface area contributed by atoms with Crippen LogP contribution in [-0.4, -0.2) is 42.9 Å². The average molecular weight is 329 g/mol. The Morgan fingerprint density at radius 3 is 2.79 bits per heavy atom. The fourth-order valence-corrected chi connectivity index (χ4v) is 3.09. The van der Waals surface area contributed by atoms with Crippen LogP contribution in [0.2, 0.25) is 0 Å². The Morgan fingerprint density at radius 2 is 2.17 bits per heavy atom. The van der Waals surface area contributed by atoms with Crippen molar-refractivity contribution >= 4 is 23.2 Å². The summed E-state index contributed by atoms with van der Waals surface area (Å²) in [7, 11) is 1.58. The molecule has 24 heavy (non-hydrogen) atoms. The number of carbonyl (C=O) groups is 2. The van der Waals surface area contributed by atoms with Gasteiger partial charge in [0.25, 0.3) is 0 Å². The van der Waals surface area contributed by atoms with Gasteiger partial charge in [0.15, 0.2) is 0 Å². The number of amides is 2. The van der Waals surface area contributed by atoms with Gasteiger partial charge in [-0.2, -0.15) is 0 Å². The summed E-state index contributed by atoms with van der Waals surface area (Å²) in [5.41, 5.74) is 3.01. The van der Waals surface area contributed by atoms with Gasteiger partial charge in [-0.15, -0.1) is 0 Å². The predicted octanol–water partition coefficient (Wildman–Crippen LogP) is 2.96. The number of likely N-dealkylation sites (N-methyl/N-ethyl adjacent to an activating group) is 1. The van der Waals surface area contributed by atoms with Crippen LogP contribution < -0.4 is 10.2 Å². The van der Waals surface area contributed by atoms with Crippen LogP contribution >= 0.6 is 0 Å². The van der Waals surface area contributed by atoms with Gasteiger partial charge in [-0.25, -0.2) is 0 Å². The largest absolute Gasteiger partial charge is 0.369 e. The third-order valence-electron chi connectivity index (χ3n) is 4.55. The molecule has 2 rings (SSSR count). The van der Waals surface area contributed by atoms with Crippen molar-refractivity contribution in [3.05, 3.63) is 36.4 Å². The number of carbonyl (C=O) groups excluding carboxylic acids is 2.